The zero-order valence-electron chi connectivity index (χ0n) is 17.9. The van der Waals surface area contributed by atoms with Crippen LogP contribution < -0.4 is 14.3 Å². The highest BCUT2D eigenvalue weighted by Crippen LogP contribution is 2.31. The van der Waals surface area contributed by atoms with Crippen LogP contribution in [-0.4, -0.2) is 32.6 Å². The molecule has 0 aromatic heterocycles. The Kier molecular flexibility index (Phi) is 7.21. The molecule has 0 atom stereocenters. The number of hydrogen-bond acceptors (Lipinski definition) is 8. The van der Waals surface area contributed by atoms with Crippen molar-refractivity contribution in [2.24, 2.45) is 5.10 Å². The zero-order chi connectivity index (χ0) is 24.9. The summed E-state index contributed by atoms with van der Waals surface area (Å²) in [7, 11) is -3.12. The van der Waals surface area contributed by atoms with Gasteiger partial charge in [-0.1, -0.05) is 18.2 Å². The minimum Gasteiger partial charge on any atom is -0.493 e. The molecule has 0 saturated heterocycles. The summed E-state index contributed by atoms with van der Waals surface area (Å²) >= 11 is 0. The highest BCUT2D eigenvalue weighted by Gasteiger charge is 2.23. The molecule has 1 N–H and O–H groups in total. The fourth-order valence-corrected chi connectivity index (χ4v) is 3.77. The second kappa shape index (κ2) is 10.1. The summed E-state index contributed by atoms with van der Waals surface area (Å²) in [5.74, 6) is -1.59. The molecule has 0 aliphatic rings. The van der Waals surface area contributed by atoms with Crippen molar-refractivity contribution in [3.63, 3.8) is 0 Å². The lowest BCUT2D eigenvalue weighted by atomic mass is 10.2. The number of methoxy groups -OCH3 is 1. The Balaban J connectivity index is 1.78. The second-order valence-electron chi connectivity index (χ2n) is 6.83. The van der Waals surface area contributed by atoms with Crippen LogP contribution in [0.3, 0.4) is 0 Å². The largest absolute Gasteiger partial charge is 0.493 e. The number of nitrogens with zero attached hydrogens (tertiary/aromatic N) is 2. The van der Waals surface area contributed by atoms with Crippen molar-refractivity contribution in [1.82, 2.24) is 5.43 Å². The van der Waals surface area contributed by atoms with Crippen LogP contribution in [-0.2, 0) is 10.1 Å². The number of nitro benzene ring substituents is 1. The summed E-state index contributed by atoms with van der Waals surface area (Å²) in [4.78, 5) is 22.0. The van der Waals surface area contributed by atoms with E-state index in [9.17, 15) is 27.7 Å². The van der Waals surface area contributed by atoms with E-state index in [1.54, 1.807) is 0 Å². The SMILES string of the molecule is COc1cc(/C=N/NC(=O)c2ccccc2F)ccc1OS(=O)(=O)c1ccc(C)c([N+](=O)[O-])c1. The van der Waals surface area contributed by atoms with Gasteiger partial charge in [0.1, 0.15) is 10.7 Å². The number of aryl methyl sites for hydroxylation is 1. The molecule has 10 nitrogen and oxygen atoms in total. The molecule has 34 heavy (non-hydrogen) atoms. The van der Waals surface area contributed by atoms with Crippen molar-refractivity contribution < 1.29 is 31.4 Å². The Bertz CT molecular complexity index is 1390. The molecule has 0 aliphatic heterocycles. The van der Waals surface area contributed by atoms with Gasteiger partial charge in [0.15, 0.2) is 11.5 Å². The summed E-state index contributed by atoms with van der Waals surface area (Å²) in [6.45, 7) is 1.48. The van der Waals surface area contributed by atoms with Gasteiger partial charge in [-0.05, 0) is 48.9 Å². The van der Waals surface area contributed by atoms with Gasteiger partial charge in [-0.2, -0.15) is 13.5 Å². The van der Waals surface area contributed by atoms with Crippen LogP contribution in [0.5, 0.6) is 11.5 Å². The van der Waals surface area contributed by atoms with Crippen molar-refractivity contribution >= 4 is 27.9 Å². The van der Waals surface area contributed by atoms with Crippen molar-refractivity contribution in [1.29, 1.82) is 0 Å². The van der Waals surface area contributed by atoms with E-state index in [2.05, 4.69) is 10.5 Å². The van der Waals surface area contributed by atoms with Crippen LogP contribution in [0.2, 0.25) is 0 Å². The molecule has 0 heterocycles. The van der Waals surface area contributed by atoms with E-state index in [4.69, 9.17) is 8.92 Å². The Hall–Kier alpha value is -4.32. The van der Waals surface area contributed by atoms with Gasteiger partial charge in [-0.3, -0.25) is 14.9 Å². The summed E-state index contributed by atoms with van der Waals surface area (Å²) in [6.07, 6.45) is 1.24. The number of nitrogens with one attached hydrogen (secondary N) is 1. The van der Waals surface area contributed by atoms with E-state index in [0.717, 1.165) is 12.1 Å². The molecule has 0 fully saturated rings. The van der Waals surface area contributed by atoms with Gasteiger partial charge < -0.3 is 8.92 Å². The Labute approximate surface area is 193 Å². The smallest absolute Gasteiger partial charge is 0.339 e. The highest BCUT2D eigenvalue weighted by atomic mass is 32.2. The van der Waals surface area contributed by atoms with Crippen LogP contribution in [0, 0.1) is 22.9 Å². The molecule has 0 aliphatic carbocycles. The lowest BCUT2D eigenvalue weighted by molar-refractivity contribution is -0.385. The fourth-order valence-electron chi connectivity index (χ4n) is 2.81. The Morgan fingerprint density at radius 3 is 2.53 bits per heavy atom. The number of hydrogen-bond donors (Lipinski definition) is 1. The van der Waals surface area contributed by atoms with Crippen LogP contribution >= 0.6 is 0 Å². The van der Waals surface area contributed by atoms with Gasteiger partial charge >= 0.3 is 10.1 Å². The molecule has 0 radical (unpaired) electrons. The predicted molar refractivity (Wildman–Crippen MR) is 120 cm³/mol. The number of halogens is 1. The molecule has 0 saturated carbocycles. The average Bonchev–Trinajstić information content (AvgIpc) is 2.79. The maximum absolute atomic E-state index is 13.6. The average molecular weight is 487 g/mol. The number of carbonyl (C=O) groups is 1. The van der Waals surface area contributed by atoms with Crippen LogP contribution in [0.25, 0.3) is 0 Å². The molecule has 0 unspecified atom stereocenters. The number of hydrazone groups is 1. The van der Waals surface area contributed by atoms with Crippen molar-refractivity contribution in [2.45, 2.75) is 11.8 Å². The number of benzene rings is 3. The molecule has 0 bridgehead atoms. The first-order valence-corrected chi connectivity index (χ1v) is 11.0. The Morgan fingerprint density at radius 2 is 1.85 bits per heavy atom. The van der Waals surface area contributed by atoms with Gasteiger partial charge in [0.05, 0.1) is 23.8 Å². The number of amides is 1. The summed E-state index contributed by atoms with van der Waals surface area (Å²) in [6, 6.07) is 12.9. The minimum absolute atomic E-state index is 0.0227. The molecular weight excluding hydrogens is 469 g/mol. The van der Waals surface area contributed by atoms with Crippen LogP contribution in [0.1, 0.15) is 21.5 Å². The van der Waals surface area contributed by atoms with Crippen molar-refractivity contribution in [2.75, 3.05) is 7.11 Å². The first-order chi connectivity index (χ1) is 16.1. The molecule has 3 rings (SSSR count). The monoisotopic (exact) mass is 487 g/mol. The standard InChI is InChI=1S/C22H18FN3O7S/c1-14-7-9-16(12-19(14)26(28)29)34(30,31)33-20-10-8-15(11-21(20)32-2)13-24-25-22(27)17-5-3-4-6-18(17)23/h3-13H,1-2H3,(H,25,27)/b24-13+. The quantitative estimate of drug-likeness (QED) is 0.222. The van der Waals surface area contributed by atoms with E-state index < -0.39 is 31.7 Å². The normalized spacial score (nSPS) is 11.3. The van der Waals surface area contributed by atoms with E-state index >= 15 is 0 Å². The number of carbonyl (C=O) groups excluding carboxylic acids is 1. The molecule has 3 aromatic carbocycles. The number of rotatable bonds is 8. The van der Waals surface area contributed by atoms with Gasteiger partial charge in [0, 0.05) is 11.6 Å². The van der Waals surface area contributed by atoms with E-state index in [1.807, 2.05) is 0 Å². The summed E-state index contributed by atoms with van der Waals surface area (Å²) in [5, 5.41) is 14.9. The minimum atomic E-state index is -4.41. The third-order valence-corrected chi connectivity index (χ3v) is 5.78. The number of ether oxygens (including phenoxy) is 1. The fraction of sp³-hybridized carbons (Fsp3) is 0.0909. The highest BCUT2D eigenvalue weighted by molar-refractivity contribution is 7.87. The summed E-state index contributed by atoms with van der Waals surface area (Å²) < 4.78 is 49.2. The predicted octanol–water partition coefficient (Wildman–Crippen LogP) is 3.58. The third-order valence-electron chi connectivity index (χ3n) is 4.55. The van der Waals surface area contributed by atoms with E-state index in [1.165, 1.54) is 68.8 Å². The van der Waals surface area contributed by atoms with Crippen LogP contribution in [0.15, 0.2) is 70.7 Å². The topological polar surface area (TPSA) is 137 Å². The molecule has 176 valence electrons. The van der Waals surface area contributed by atoms with Crippen molar-refractivity contribution in [3.05, 3.63) is 93.3 Å². The first kappa shape index (κ1) is 24.3. The van der Waals surface area contributed by atoms with E-state index in [-0.39, 0.29) is 22.7 Å². The molecule has 12 heteroatoms. The lowest BCUT2D eigenvalue weighted by Crippen LogP contribution is -2.18. The van der Waals surface area contributed by atoms with Crippen molar-refractivity contribution in [3.8, 4) is 11.5 Å². The van der Waals surface area contributed by atoms with Gasteiger partial charge in [0.2, 0.25) is 0 Å². The van der Waals surface area contributed by atoms with Gasteiger partial charge in [-0.25, -0.2) is 9.82 Å². The summed E-state index contributed by atoms with van der Waals surface area (Å²) in [5.41, 5.74) is 2.35. The molecular formula is C22H18FN3O7S. The second-order valence-corrected chi connectivity index (χ2v) is 8.38. The first-order valence-electron chi connectivity index (χ1n) is 9.58. The molecule has 0 spiro atoms. The van der Waals surface area contributed by atoms with E-state index in [0.29, 0.717) is 11.1 Å². The maximum Gasteiger partial charge on any atom is 0.339 e. The molecule has 3 aromatic rings. The zero-order valence-corrected chi connectivity index (χ0v) is 18.7. The van der Waals surface area contributed by atoms with Crippen LogP contribution in [0.4, 0.5) is 10.1 Å². The van der Waals surface area contributed by atoms with Gasteiger partial charge in [-0.15, -0.1) is 0 Å². The number of nitro groups is 1. The maximum atomic E-state index is 13.6. The lowest BCUT2D eigenvalue weighted by Gasteiger charge is -2.11. The van der Waals surface area contributed by atoms with Gasteiger partial charge in [0.25, 0.3) is 11.6 Å². The molecule has 1 amide bonds. The Morgan fingerprint density at radius 1 is 1.12 bits per heavy atom. The third kappa shape index (κ3) is 5.53.